The van der Waals surface area contributed by atoms with Crippen LogP contribution in [-0.2, 0) is 6.54 Å². The van der Waals surface area contributed by atoms with Crippen LogP contribution in [0.3, 0.4) is 0 Å². The molecule has 0 saturated carbocycles. The second-order valence-electron chi connectivity index (χ2n) is 4.35. The van der Waals surface area contributed by atoms with E-state index >= 15 is 0 Å². The van der Waals surface area contributed by atoms with Crippen LogP contribution in [0.4, 0.5) is 10.5 Å². The highest BCUT2D eigenvalue weighted by Gasteiger charge is 2.17. The largest absolute Gasteiger partial charge is 0.325 e. The van der Waals surface area contributed by atoms with E-state index in [1.807, 2.05) is 36.2 Å². The van der Waals surface area contributed by atoms with E-state index in [0.29, 0.717) is 0 Å². The molecule has 1 heterocycles. The maximum atomic E-state index is 11.8. The van der Waals surface area contributed by atoms with Crippen LogP contribution in [0.2, 0.25) is 0 Å². The Bertz CT molecular complexity index is 369. The Kier molecular flexibility index (Phi) is 3.98. The Morgan fingerprint density at radius 1 is 1.24 bits per heavy atom. The highest BCUT2D eigenvalue weighted by molar-refractivity contribution is 5.89. The van der Waals surface area contributed by atoms with Gasteiger partial charge in [0.25, 0.3) is 0 Å². The van der Waals surface area contributed by atoms with Crippen LogP contribution in [0.1, 0.15) is 18.4 Å². The van der Waals surface area contributed by atoms with Crippen LogP contribution in [0, 0.1) is 0 Å². The number of hydrogen-bond donors (Lipinski definition) is 2. The molecule has 17 heavy (non-hydrogen) atoms. The molecule has 0 aliphatic carbocycles. The number of urea groups is 1. The van der Waals surface area contributed by atoms with Crippen molar-refractivity contribution >= 4 is 11.7 Å². The molecule has 0 aromatic heterocycles. The fraction of sp³-hybridized carbons (Fsp3) is 0.462. The number of likely N-dealkylation sites (tertiary alicyclic amines) is 1. The van der Waals surface area contributed by atoms with E-state index in [4.69, 9.17) is 0 Å². The minimum absolute atomic E-state index is 0.0175. The van der Waals surface area contributed by atoms with Gasteiger partial charge >= 0.3 is 6.03 Å². The zero-order valence-electron chi connectivity index (χ0n) is 10.2. The lowest BCUT2D eigenvalue weighted by Crippen LogP contribution is -2.32. The maximum absolute atomic E-state index is 11.8. The summed E-state index contributed by atoms with van der Waals surface area (Å²) >= 11 is 0. The molecular weight excluding hydrogens is 214 g/mol. The molecule has 1 aliphatic heterocycles. The van der Waals surface area contributed by atoms with E-state index in [1.54, 1.807) is 0 Å². The predicted molar refractivity (Wildman–Crippen MR) is 69.0 cm³/mol. The van der Waals surface area contributed by atoms with Gasteiger partial charge < -0.3 is 15.5 Å². The summed E-state index contributed by atoms with van der Waals surface area (Å²) in [6, 6.07) is 7.96. The zero-order chi connectivity index (χ0) is 12.1. The van der Waals surface area contributed by atoms with Gasteiger partial charge in [-0.15, -0.1) is 0 Å². The van der Waals surface area contributed by atoms with Crippen molar-refractivity contribution in [2.24, 2.45) is 0 Å². The van der Waals surface area contributed by atoms with E-state index in [1.165, 1.54) is 5.56 Å². The summed E-state index contributed by atoms with van der Waals surface area (Å²) in [4.78, 5) is 13.7. The molecule has 0 spiro atoms. The van der Waals surface area contributed by atoms with Crippen LogP contribution in [0.25, 0.3) is 0 Å². The van der Waals surface area contributed by atoms with Gasteiger partial charge in [-0.2, -0.15) is 0 Å². The van der Waals surface area contributed by atoms with Crippen molar-refractivity contribution in [1.29, 1.82) is 0 Å². The summed E-state index contributed by atoms with van der Waals surface area (Å²) in [6.45, 7) is 2.60. The van der Waals surface area contributed by atoms with E-state index in [9.17, 15) is 4.79 Å². The fourth-order valence-electron chi connectivity index (χ4n) is 2.03. The lowest BCUT2D eigenvalue weighted by Gasteiger charge is -2.16. The average Bonchev–Trinajstić information content (AvgIpc) is 2.86. The monoisotopic (exact) mass is 233 g/mol. The molecule has 2 N–H and O–H groups in total. The van der Waals surface area contributed by atoms with Gasteiger partial charge in [0.15, 0.2) is 0 Å². The highest BCUT2D eigenvalue weighted by Crippen LogP contribution is 2.13. The Morgan fingerprint density at radius 2 is 1.88 bits per heavy atom. The number of carbonyl (C=O) groups excluding carboxylic acids is 1. The number of amides is 2. The van der Waals surface area contributed by atoms with Gasteiger partial charge in [-0.25, -0.2) is 4.79 Å². The summed E-state index contributed by atoms with van der Waals surface area (Å²) < 4.78 is 0. The molecule has 1 fully saturated rings. The van der Waals surface area contributed by atoms with Gasteiger partial charge in [0, 0.05) is 25.3 Å². The van der Waals surface area contributed by atoms with Gasteiger partial charge in [0.05, 0.1) is 0 Å². The molecule has 4 nitrogen and oxygen atoms in total. The molecule has 92 valence electrons. The zero-order valence-corrected chi connectivity index (χ0v) is 10.2. The van der Waals surface area contributed by atoms with Gasteiger partial charge in [0.1, 0.15) is 0 Å². The van der Waals surface area contributed by atoms with Crippen LogP contribution >= 0.6 is 0 Å². The van der Waals surface area contributed by atoms with E-state index < -0.39 is 0 Å². The number of nitrogens with one attached hydrogen (secondary N) is 2. The van der Waals surface area contributed by atoms with Gasteiger partial charge in [-0.05, 0) is 37.6 Å². The highest BCUT2D eigenvalue weighted by atomic mass is 16.2. The minimum atomic E-state index is 0.0175. The molecule has 2 rings (SSSR count). The Balaban J connectivity index is 1.91. The SMILES string of the molecule is CNCc1ccc(NC(=O)N2CCCC2)cc1. The maximum Gasteiger partial charge on any atom is 0.321 e. The molecule has 0 atom stereocenters. The summed E-state index contributed by atoms with van der Waals surface area (Å²) in [6.07, 6.45) is 2.24. The van der Waals surface area contributed by atoms with Gasteiger partial charge in [-0.1, -0.05) is 12.1 Å². The van der Waals surface area contributed by atoms with E-state index in [0.717, 1.165) is 38.2 Å². The third kappa shape index (κ3) is 3.20. The number of benzene rings is 1. The van der Waals surface area contributed by atoms with Crippen LogP contribution < -0.4 is 10.6 Å². The lowest BCUT2D eigenvalue weighted by atomic mass is 10.2. The molecule has 0 bridgehead atoms. The van der Waals surface area contributed by atoms with Crippen molar-refractivity contribution in [3.8, 4) is 0 Å². The Labute approximate surface area is 102 Å². The molecule has 1 saturated heterocycles. The normalized spacial score (nSPS) is 15.0. The van der Waals surface area contributed by atoms with Crippen LogP contribution in [0.5, 0.6) is 0 Å². The molecule has 0 unspecified atom stereocenters. The standard InChI is InChI=1S/C13H19N3O/c1-14-10-11-4-6-12(7-5-11)15-13(17)16-8-2-3-9-16/h4-7,14H,2-3,8-10H2,1H3,(H,15,17). The second kappa shape index (κ2) is 5.68. The first-order valence-electron chi connectivity index (χ1n) is 6.09. The van der Waals surface area contributed by atoms with Crippen LogP contribution in [0.15, 0.2) is 24.3 Å². The topological polar surface area (TPSA) is 44.4 Å². The first-order valence-corrected chi connectivity index (χ1v) is 6.09. The molecule has 2 amide bonds. The predicted octanol–water partition coefficient (Wildman–Crippen LogP) is 2.03. The van der Waals surface area contributed by atoms with Crippen molar-refractivity contribution in [3.05, 3.63) is 29.8 Å². The number of anilines is 1. The van der Waals surface area contributed by atoms with Crippen molar-refractivity contribution in [2.45, 2.75) is 19.4 Å². The Morgan fingerprint density at radius 3 is 2.47 bits per heavy atom. The average molecular weight is 233 g/mol. The summed E-state index contributed by atoms with van der Waals surface area (Å²) in [5.74, 6) is 0. The number of carbonyl (C=O) groups is 1. The summed E-state index contributed by atoms with van der Waals surface area (Å²) in [5, 5.41) is 6.01. The molecule has 1 aromatic rings. The third-order valence-electron chi connectivity index (χ3n) is 2.98. The van der Waals surface area contributed by atoms with E-state index in [2.05, 4.69) is 10.6 Å². The fourth-order valence-corrected chi connectivity index (χ4v) is 2.03. The Hall–Kier alpha value is -1.55. The molecule has 1 aliphatic rings. The number of nitrogens with zero attached hydrogens (tertiary/aromatic N) is 1. The van der Waals surface area contributed by atoms with Gasteiger partial charge in [0.2, 0.25) is 0 Å². The number of hydrogen-bond acceptors (Lipinski definition) is 2. The lowest BCUT2D eigenvalue weighted by molar-refractivity contribution is 0.222. The molecule has 1 aromatic carbocycles. The number of rotatable bonds is 3. The molecule has 4 heteroatoms. The third-order valence-corrected chi connectivity index (χ3v) is 2.98. The first-order chi connectivity index (χ1) is 8.29. The minimum Gasteiger partial charge on any atom is -0.325 e. The smallest absolute Gasteiger partial charge is 0.321 e. The van der Waals surface area contributed by atoms with E-state index in [-0.39, 0.29) is 6.03 Å². The summed E-state index contributed by atoms with van der Waals surface area (Å²) in [7, 11) is 1.92. The van der Waals surface area contributed by atoms with Crippen molar-refractivity contribution in [3.63, 3.8) is 0 Å². The summed E-state index contributed by atoms with van der Waals surface area (Å²) in [5.41, 5.74) is 2.08. The van der Waals surface area contributed by atoms with Crippen molar-refractivity contribution in [1.82, 2.24) is 10.2 Å². The molecular formula is C13H19N3O. The second-order valence-corrected chi connectivity index (χ2v) is 4.35. The van der Waals surface area contributed by atoms with Gasteiger partial charge in [-0.3, -0.25) is 0 Å². The first kappa shape index (κ1) is 11.9. The van der Waals surface area contributed by atoms with Crippen molar-refractivity contribution < 1.29 is 4.79 Å². The quantitative estimate of drug-likeness (QED) is 0.839. The van der Waals surface area contributed by atoms with Crippen molar-refractivity contribution in [2.75, 3.05) is 25.5 Å². The molecule has 0 radical (unpaired) electrons. The van der Waals surface area contributed by atoms with Crippen LogP contribution in [-0.4, -0.2) is 31.1 Å².